The Morgan fingerprint density at radius 2 is 2.40 bits per heavy atom. The van der Waals surface area contributed by atoms with Crippen molar-refractivity contribution in [3.63, 3.8) is 0 Å². The molecule has 1 atom stereocenters. The highest BCUT2D eigenvalue weighted by Crippen LogP contribution is 2.11. The largest absolute Gasteiger partial charge is 0.448 e. The first-order valence-electron chi connectivity index (χ1n) is 6.21. The van der Waals surface area contributed by atoms with E-state index in [2.05, 4.69) is 20.5 Å². The molecule has 0 unspecified atom stereocenters. The number of carbonyl (C=O) groups excluding carboxylic acids is 1. The minimum absolute atomic E-state index is 0.278. The van der Waals surface area contributed by atoms with Gasteiger partial charge >= 0.3 is 0 Å². The summed E-state index contributed by atoms with van der Waals surface area (Å²) in [6, 6.07) is -0.294. The van der Waals surface area contributed by atoms with Crippen LogP contribution >= 0.6 is 0 Å². The second-order valence-electron chi connectivity index (χ2n) is 4.33. The van der Waals surface area contributed by atoms with Gasteiger partial charge < -0.3 is 19.0 Å². The van der Waals surface area contributed by atoms with Crippen LogP contribution in [-0.2, 0) is 11.3 Å². The van der Waals surface area contributed by atoms with Crippen LogP contribution in [0.1, 0.15) is 35.0 Å². The number of ether oxygens (including phenoxy) is 1. The summed E-state index contributed by atoms with van der Waals surface area (Å²) in [5.74, 6) is 0.845. The molecule has 8 nitrogen and oxygen atoms in total. The van der Waals surface area contributed by atoms with Crippen molar-refractivity contribution in [2.45, 2.75) is 26.4 Å². The summed E-state index contributed by atoms with van der Waals surface area (Å²) in [5, 5.41) is 10.7. The van der Waals surface area contributed by atoms with Gasteiger partial charge in [-0.3, -0.25) is 4.79 Å². The molecule has 8 heteroatoms. The first-order chi connectivity index (χ1) is 9.63. The maximum atomic E-state index is 12.0. The third kappa shape index (κ3) is 3.02. The van der Waals surface area contributed by atoms with Gasteiger partial charge in [0.1, 0.15) is 12.1 Å². The molecule has 0 aliphatic carbocycles. The van der Waals surface area contributed by atoms with E-state index >= 15 is 0 Å². The lowest BCUT2D eigenvalue weighted by Crippen LogP contribution is -2.29. The van der Waals surface area contributed by atoms with Crippen LogP contribution in [0.3, 0.4) is 0 Å². The van der Waals surface area contributed by atoms with E-state index in [4.69, 9.17) is 9.15 Å². The molecular weight excluding hydrogens is 262 g/mol. The maximum Gasteiger partial charge on any atom is 0.274 e. The van der Waals surface area contributed by atoms with Crippen molar-refractivity contribution in [2.75, 3.05) is 13.7 Å². The molecule has 0 aliphatic rings. The smallest absolute Gasteiger partial charge is 0.274 e. The highest BCUT2D eigenvalue weighted by molar-refractivity contribution is 5.93. The molecule has 0 saturated carbocycles. The van der Waals surface area contributed by atoms with Crippen molar-refractivity contribution in [2.24, 2.45) is 0 Å². The fraction of sp³-hybridized carbons (Fsp3) is 0.500. The molecule has 0 spiro atoms. The number of aromatic nitrogens is 4. The minimum atomic E-state index is -0.301. The molecular formula is C12H17N5O3. The van der Waals surface area contributed by atoms with Gasteiger partial charge in [-0.2, -0.15) is 0 Å². The van der Waals surface area contributed by atoms with Crippen molar-refractivity contribution in [1.82, 2.24) is 25.1 Å². The Hall–Kier alpha value is -2.22. The summed E-state index contributed by atoms with van der Waals surface area (Å²) in [4.78, 5) is 15.9. The van der Waals surface area contributed by atoms with Crippen LogP contribution in [0.2, 0.25) is 0 Å². The third-order valence-electron chi connectivity index (χ3n) is 2.88. The molecule has 0 saturated heterocycles. The second kappa shape index (κ2) is 6.29. The Labute approximate surface area is 116 Å². The van der Waals surface area contributed by atoms with E-state index < -0.39 is 0 Å². The van der Waals surface area contributed by atoms with Gasteiger partial charge in [0.15, 0.2) is 17.9 Å². The predicted molar refractivity (Wildman–Crippen MR) is 69.0 cm³/mol. The molecule has 20 heavy (non-hydrogen) atoms. The van der Waals surface area contributed by atoms with Gasteiger partial charge in [0, 0.05) is 13.7 Å². The van der Waals surface area contributed by atoms with E-state index in [9.17, 15) is 4.79 Å². The van der Waals surface area contributed by atoms with Crippen molar-refractivity contribution in [3.05, 3.63) is 30.0 Å². The summed E-state index contributed by atoms with van der Waals surface area (Å²) >= 11 is 0. The Kier molecular flexibility index (Phi) is 4.46. The zero-order valence-corrected chi connectivity index (χ0v) is 11.7. The maximum absolute atomic E-state index is 12.0. The zero-order chi connectivity index (χ0) is 14.5. The number of rotatable bonds is 6. The number of hydrogen-bond donors (Lipinski definition) is 1. The average molecular weight is 279 g/mol. The van der Waals surface area contributed by atoms with Crippen LogP contribution in [0, 0.1) is 6.92 Å². The van der Waals surface area contributed by atoms with Crippen LogP contribution in [0.5, 0.6) is 0 Å². The van der Waals surface area contributed by atoms with Crippen LogP contribution < -0.4 is 5.32 Å². The average Bonchev–Trinajstić information content (AvgIpc) is 3.04. The molecule has 2 rings (SSSR count). The fourth-order valence-electron chi connectivity index (χ4n) is 1.81. The van der Waals surface area contributed by atoms with Crippen molar-refractivity contribution >= 4 is 5.91 Å². The van der Waals surface area contributed by atoms with Crippen LogP contribution in [0.4, 0.5) is 0 Å². The Morgan fingerprint density at radius 3 is 3.05 bits per heavy atom. The first kappa shape index (κ1) is 14.2. The molecule has 0 aliphatic heterocycles. The number of nitrogens with one attached hydrogen (secondary N) is 1. The highest BCUT2D eigenvalue weighted by Gasteiger charge is 2.19. The van der Waals surface area contributed by atoms with Gasteiger partial charge in [-0.1, -0.05) is 0 Å². The van der Waals surface area contributed by atoms with E-state index in [1.54, 1.807) is 20.4 Å². The summed E-state index contributed by atoms with van der Waals surface area (Å²) in [6.07, 6.45) is 2.86. The number of amides is 1. The van der Waals surface area contributed by atoms with E-state index in [1.165, 1.54) is 6.39 Å². The van der Waals surface area contributed by atoms with Gasteiger partial charge in [-0.05, 0) is 13.8 Å². The first-order valence-corrected chi connectivity index (χ1v) is 6.21. The van der Waals surface area contributed by atoms with E-state index in [-0.39, 0.29) is 17.6 Å². The van der Waals surface area contributed by atoms with Gasteiger partial charge in [-0.25, -0.2) is 4.98 Å². The zero-order valence-electron chi connectivity index (χ0n) is 11.7. The minimum Gasteiger partial charge on any atom is -0.448 e. The molecule has 108 valence electrons. The topological polar surface area (TPSA) is 95.1 Å². The lowest BCUT2D eigenvalue weighted by Gasteiger charge is -2.14. The summed E-state index contributed by atoms with van der Waals surface area (Å²) in [7, 11) is 1.63. The summed E-state index contributed by atoms with van der Waals surface area (Å²) < 4.78 is 11.9. The second-order valence-corrected chi connectivity index (χ2v) is 4.33. The number of aryl methyl sites for hydroxylation is 1. The standard InChI is InChI=1S/C12H17N5O3/c1-8(11-16-14-6-17(11)4-5-19-3)15-12(18)10-9(2)20-7-13-10/h6-8H,4-5H2,1-3H3,(H,15,18)/t8-/m1/s1. The molecule has 0 bridgehead atoms. The lowest BCUT2D eigenvalue weighted by atomic mass is 10.2. The predicted octanol–water partition coefficient (Wildman–Crippen LogP) is 0.712. The molecule has 0 aromatic carbocycles. The molecule has 0 fully saturated rings. The summed E-state index contributed by atoms with van der Waals surface area (Å²) in [6.45, 7) is 4.70. The Morgan fingerprint density at radius 1 is 1.60 bits per heavy atom. The van der Waals surface area contributed by atoms with Crippen LogP contribution in [-0.4, -0.2) is 39.4 Å². The summed E-state index contributed by atoms with van der Waals surface area (Å²) in [5.41, 5.74) is 0.278. The number of carbonyl (C=O) groups is 1. The Bertz CT molecular complexity index is 577. The number of hydrogen-bond acceptors (Lipinski definition) is 6. The van der Waals surface area contributed by atoms with Crippen molar-refractivity contribution < 1.29 is 13.9 Å². The number of nitrogens with zero attached hydrogens (tertiary/aromatic N) is 4. The molecule has 1 N–H and O–H groups in total. The number of oxazole rings is 1. The van der Waals surface area contributed by atoms with E-state index in [1.807, 2.05) is 11.5 Å². The van der Waals surface area contributed by atoms with Gasteiger partial charge in [0.25, 0.3) is 5.91 Å². The molecule has 2 heterocycles. The quantitative estimate of drug-likeness (QED) is 0.836. The molecule has 2 aromatic heterocycles. The molecule has 1 amide bonds. The van der Waals surface area contributed by atoms with Crippen molar-refractivity contribution in [3.8, 4) is 0 Å². The lowest BCUT2D eigenvalue weighted by molar-refractivity contribution is 0.0931. The third-order valence-corrected chi connectivity index (χ3v) is 2.88. The van der Waals surface area contributed by atoms with Gasteiger partial charge in [-0.15, -0.1) is 10.2 Å². The van der Waals surface area contributed by atoms with Crippen molar-refractivity contribution in [1.29, 1.82) is 0 Å². The SMILES string of the molecule is COCCn1cnnc1[C@@H](C)NC(=O)c1ncoc1C. The molecule has 0 radical (unpaired) electrons. The van der Waals surface area contributed by atoms with E-state index in [0.717, 1.165) is 0 Å². The number of methoxy groups -OCH3 is 1. The van der Waals surface area contributed by atoms with Crippen LogP contribution in [0.15, 0.2) is 17.1 Å². The van der Waals surface area contributed by atoms with Crippen LogP contribution in [0.25, 0.3) is 0 Å². The van der Waals surface area contributed by atoms with E-state index in [0.29, 0.717) is 24.7 Å². The fourth-order valence-corrected chi connectivity index (χ4v) is 1.81. The van der Waals surface area contributed by atoms with Gasteiger partial charge in [0.2, 0.25) is 0 Å². The Balaban J connectivity index is 2.05. The highest BCUT2D eigenvalue weighted by atomic mass is 16.5. The molecule has 2 aromatic rings. The monoisotopic (exact) mass is 279 g/mol. The van der Waals surface area contributed by atoms with Gasteiger partial charge in [0.05, 0.1) is 12.6 Å². The normalized spacial score (nSPS) is 12.3.